The van der Waals surface area contributed by atoms with Crippen molar-refractivity contribution < 1.29 is 19.5 Å². The van der Waals surface area contributed by atoms with Crippen LogP contribution >= 0.6 is 0 Å². The summed E-state index contributed by atoms with van der Waals surface area (Å²) in [5.74, 6) is -1.17. The Morgan fingerprint density at radius 2 is 1.63 bits per heavy atom. The van der Waals surface area contributed by atoms with Gasteiger partial charge in [-0.2, -0.15) is 0 Å². The number of aliphatic carboxylic acids is 1. The highest BCUT2D eigenvalue weighted by Gasteiger charge is 2.51. The van der Waals surface area contributed by atoms with Gasteiger partial charge in [-0.3, -0.25) is 14.5 Å². The second-order valence-electron chi connectivity index (χ2n) is 5.85. The molecule has 2 rings (SSSR count). The molecule has 0 atom stereocenters. The Morgan fingerprint density at radius 1 is 1.16 bits per heavy atom. The molecule has 0 spiro atoms. The maximum Gasteiger partial charge on any atom is 0.330 e. The zero-order valence-corrected chi connectivity index (χ0v) is 11.4. The van der Waals surface area contributed by atoms with E-state index in [0.717, 1.165) is 17.7 Å². The fourth-order valence-electron chi connectivity index (χ4n) is 3.17. The molecular weight excluding hydrogens is 246 g/mol. The lowest BCUT2D eigenvalue weighted by Crippen LogP contribution is -2.60. The Kier molecular flexibility index (Phi) is 3.92. The van der Waals surface area contributed by atoms with Gasteiger partial charge in [0.2, 0.25) is 11.8 Å². The summed E-state index contributed by atoms with van der Waals surface area (Å²) >= 11 is 0. The van der Waals surface area contributed by atoms with Crippen LogP contribution in [0.5, 0.6) is 0 Å². The number of amides is 2. The molecular formula is C14H21NO4. The van der Waals surface area contributed by atoms with E-state index in [1.807, 2.05) is 0 Å². The third-order valence-electron chi connectivity index (χ3n) is 4.46. The minimum atomic E-state index is -1.29. The van der Waals surface area contributed by atoms with Gasteiger partial charge in [-0.25, -0.2) is 4.79 Å². The number of hydrogen-bond donors (Lipinski definition) is 1. The lowest BCUT2D eigenvalue weighted by Gasteiger charge is -2.42. The number of likely N-dealkylation sites (tertiary alicyclic amines) is 1. The van der Waals surface area contributed by atoms with E-state index in [-0.39, 0.29) is 24.7 Å². The van der Waals surface area contributed by atoms with Gasteiger partial charge in [-0.15, -0.1) is 0 Å². The van der Waals surface area contributed by atoms with Crippen LogP contribution in [0, 0.1) is 5.92 Å². The maximum absolute atomic E-state index is 12.2. The molecule has 5 heteroatoms. The first-order chi connectivity index (χ1) is 8.97. The van der Waals surface area contributed by atoms with Gasteiger partial charge in [0.15, 0.2) is 0 Å². The van der Waals surface area contributed by atoms with Crippen LogP contribution in [0.1, 0.15) is 58.3 Å². The van der Waals surface area contributed by atoms with E-state index in [1.165, 1.54) is 0 Å². The Hall–Kier alpha value is -1.39. The van der Waals surface area contributed by atoms with Crippen molar-refractivity contribution in [2.24, 2.45) is 5.92 Å². The third-order valence-corrected chi connectivity index (χ3v) is 4.46. The predicted octanol–water partition coefficient (Wildman–Crippen LogP) is 1.95. The minimum absolute atomic E-state index is 0.288. The summed E-state index contributed by atoms with van der Waals surface area (Å²) in [6.45, 7) is 2.08. The van der Waals surface area contributed by atoms with Crippen molar-refractivity contribution in [1.29, 1.82) is 0 Å². The Bertz CT molecular complexity index is 378. The summed E-state index contributed by atoms with van der Waals surface area (Å²) in [5.41, 5.74) is -1.29. The van der Waals surface area contributed by atoms with Gasteiger partial charge < -0.3 is 5.11 Å². The van der Waals surface area contributed by atoms with Crippen LogP contribution in [0.4, 0.5) is 0 Å². The van der Waals surface area contributed by atoms with E-state index in [9.17, 15) is 19.5 Å². The molecule has 0 radical (unpaired) electrons. The van der Waals surface area contributed by atoms with Gasteiger partial charge in [0.1, 0.15) is 5.54 Å². The largest absolute Gasteiger partial charge is 0.479 e. The van der Waals surface area contributed by atoms with Gasteiger partial charge in [0.05, 0.1) is 0 Å². The van der Waals surface area contributed by atoms with Crippen LogP contribution < -0.4 is 0 Å². The van der Waals surface area contributed by atoms with Crippen molar-refractivity contribution in [3.8, 4) is 0 Å². The zero-order chi connectivity index (χ0) is 14.0. The molecule has 2 amide bonds. The first kappa shape index (κ1) is 14.0. The third kappa shape index (κ3) is 2.51. The van der Waals surface area contributed by atoms with E-state index < -0.39 is 11.5 Å². The molecule has 2 aliphatic rings. The predicted molar refractivity (Wildman–Crippen MR) is 68.3 cm³/mol. The normalized spacial score (nSPS) is 33.1. The smallest absolute Gasteiger partial charge is 0.330 e. The highest BCUT2D eigenvalue weighted by molar-refractivity contribution is 6.01. The monoisotopic (exact) mass is 267 g/mol. The molecule has 5 nitrogen and oxygen atoms in total. The van der Waals surface area contributed by atoms with Gasteiger partial charge >= 0.3 is 5.97 Å². The van der Waals surface area contributed by atoms with Gasteiger partial charge in [0.25, 0.3) is 0 Å². The highest BCUT2D eigenvalue weighted by Crippen LogP contribution is 2.38. The van der Waals surface area contributed by atoms with E-state index in [2.05, 4.69) is 6.92 Å². The number of carboxylic acids is 1. The second-order valence-corrected chi connectivity index (χ2v) is 5.85. The molecule has 1 saturated heterocycles. The molecule has 19 heavy (non-hydrogen) atoms. The molecule has 106 valence electrons. The van der Waals surface area contributed by atoms with Gasteiger partial charge in [-0.05, 0) is 44.4 Å². The Morgan fingerprint density at radius 3 is 2.05 bits per heavy atom. The van der Waals surface area contributed by atoms with Crippen molar-refractivity contribution >= 4 is 17.8 Å². The van der Waals surface area contributed by atoms with Crippen LogP contribution in [0.3, 0.4) is 0 Å². The van der Waals surface area contributed by atoms with Crippen LogP contribution in [0.2, 0.25) is 0 Å². The lowest BCUT2D eigenvalue weighted by molar-refractivity contribution is -0.169. The SMILES string of the molecule is CC1CCC(C(=O)O)(N2C(=O)CCCCC2=O)CC1. The maximum atomic E-state index is 12.2. The fraction of sp³-hybridized carbons (Fsp3) is 0.786. The van der Waals surface area contributed by atoms with Crippen molar-refractivity contribution in [1.82, 2.24) is 4.90 Å². The van der Waals surface area contributed by atoms with Crippen LogP contribution in [0.15, 0.2) is 0 Å². The number of imide groups is 1. The summed E-state index contributed by atoms with van der Waals surface area (Å²) < 4.78 is 0. The summed E-state index contributed by atoms with van der Waals surface area (Å²) in [4.78, 5) is 37.1. The average molecular weight is 267 g/mol. The van der Waals surface area contributed by atoms with Crippen molar-refractivity contribution in [2.75, 3.05) is 0 Å². The average Bonchev–Trinajstić information content (AvgIpc) is 2.53. The fourth-order valence-corrected chi connectivity index (χ4v) is 3.17. The first-order valence-electron chi connectivity index (χ1n) is 7.06. The van der Waals surface area contributed by atoms with Crippen LogP contribution in [-0.4, -0.2) is 33.3 Å². The van der Waals surface area contributed by atoms with Gasteiger partial charge in [-0.1, -0.05) is 6.92 Å². The molecule has 1 N–H and O–H groups in total. The van der Waals surface area contributed by atoms with Crippen molar-refractivity contribution in [3.63, 3.8) is 0 Å². The molecule has 0 bridgehead atoms. The molecule has 0 aromatic rings. The molecule has 2 fully saturated rings. The van der Waals surface area contributed by atoms with E-state index in [1.54, 1.807) is 0 Å². The molecule has 1 heterocycles. The quantitative estimate of drug-likeness (QED) is 0.776. The summed E-state index contributed by atoms with van der Waals surface area (Å²) in [7, 11) is 0. The summed E-state index contributed by atoms with van der Waals surface area (Å²) in [5, 5.41) is 9.61. The molecule has 1 aliphatic carbocycles. The highest BCUT2D eigenvalue weighted by atomic mass is 16.4. The molecule has 0 unspecified atom stereocenters. The number of nitrogens with zero attached hydrogens (tertiary/aromatic N) is 1. The molecule has 1 saturated carbocycles. The number of carbonyl (C=O) groups excluding carboxylic acids is 2. The number of carbonyl (C=O) groups is 3. The lowest BCUT2D eigenvalue weighted by atomic mass is 9.75. The standard InChI is InChI=1S/C14H21NO4/c1-10-6-8-14(9-7-10,13(18)19)15-11(16)4-2-3-5-12(15)17/h10H,2-9H2,1H3,(H,18,19). The minimum Gasteiger partial charge on any atom is -0.479 e. The van der Waals surface area contributed by atoms with Crippen molar-refractivity contribution in [3.05, 3.63) is 0 Å². The molecule has 1 aliphatic heterocycles. The molecule has 0 aromatic carbocycles. The molecule has 0 aromatic heterocycles. The number of rotatable bonds is 2. The van der Waals surface area contributed by atoms with Crippen LogP contribution in [-0.2, 0) is 14.4 Å². The van der Waals surface area contributed by atoms with Crippen LogP contribution in [0.25, 0.3) is 0 Å². The summed E-state index contributed by atoms with van der Waals surface area (Å²) in [6.07, 6.45) is 4.21. The van der Waals surface area contributed by atoms with E-state index >= 15 is 0 Å². The first-order valence-corrected chi connectivity index (χ1v) is 7.06. The number of hydrogen-bond acceptors (Lipinski definition) is 3. The summed E-state index contributed by atoms with van der Waals surface area (Å²) in [6, 6.07) is 0. The zero-order valence-electron chi connectivity index (χ0n) is 11.4. The Balaban J connectivity index is 2.34. The topological polar surface area (TPSA) is 74.7 Å². The number of carboxylic acid groups (broad SMARTS) is 1. The van der Waals surface area contributed by atoms with Gasteiger partial charge in [0, 0.05) is 12.8 Å². The van der Waals surface area contributed by atoms with E-state index in [4.69, 9.17) is 0 Å². The Labute approximate surface area is 113 Å². The second kappa shape index (κ2) is 5.31. The van der Waals surface area contributed by atoms with E-state index in [0.29, 0.717) is 31.6 Å². The van der Waals surface area contributed by atoms with Crippen molar-refractivity contribution in [2.45, 2.75) is 63.8 Å².